The standard InChI is InChI=1S/C15H24N2O/c1-12(15-6-4-10-18-15)17(14-7-8-14)11-13-5-2-3-9-16-13/h4,6,10,12-14,16H,2-3,5,7-9,11H2,1H3. The SMILES string of the molecule is CC(c1ccco1)N(CC1CCCCN1)C1CC1. The summed E-state index contributed by atoms with van der Waals surface area (Å²) in [6.07, 6.45) is 8.55. The molecule has 2 atom stereocenters. The first-order valence-corrected chi connectivity index (χ1v) is 7.37. The fraction of sp³-hybridized carbons (Fsp3) is 0.733. The highest BCUT2D eigenvalue weighted by molar-refractivity contribution is 5.06. The molecular weight excluding hydrogens is 224 g/mol. The van der Waals surface area contributed by atoms with Crippen molar-refractivity contribution in [3.8, 4) is 0 Å². The number of piperidine rings is 1. The largest absolute Gasteiger partial charge is 0.468 e. The van der Waals surface area contributed by atoms with Crippen LogP contribution in [0.3, 0.4) is 0 Å². The summed E-state index contributed by atoms with van der Waals surface area (Å²) in [5.41, 5.74) is 0. The van der Waals surface area contributed by atoms with E-state index < -0.39 is 0 Å². The van der Waals surface area contributed by atoms with Crippen molar-refractivity contribution in [2.45, 2.75) is 57.2 Å². The maximum Gasteiger partial charge on any atom is 0.120 e. The molecule has 3 heteroatoms. The Morgan fingerprint density at radius 2 is 2.28 bits per heavy atom. The lowest BCUT2D eigenvalue weighted by Gasteiger charge is -2.33. The lowest BCUT2D eigenvalue weighted by Crippen LogP contribution is -2.45. The minimum absolute atomic E-state index is 0.413. The van der Waals surface area contributed by atoms with Gasteiger partial charge in [0.25, 0.3) is 0 Å². The molecule has 0 radical (unpaired) electrons. The predicted octanol–water partition coefficient (Wildman–Crippen LogP) is 2.95. The lowest BCUT2D eigenvalue weighted by atomic mass is 10.0. The summed E-state index contributed by atoms with van der Waals surface area (Å²) in [5, 5.41) is 3.66. The number of nitrogens with zero attached hydrogens (tertiary/aromatic N) is 1. The van der Waals surface area contributed by atoms with E-state index in [0.29, 0.717) is 12.1 Å². The topological polar surface area (TPSA) is 28.4 Å². The number of rotatable bonds is 5. The molecule has 2 heterocycles. The first-order valence-electron chi connectivity index (χ1n) is 7.37. The second-order valence-electron chi connectivity index (χ2n) is 5.77. The van der Waals surface area contributed by atoms with Crippen molar-refractivity contribution in [2.75, 3.05) is 13.1 Å². The van der Waals surface area contributed by atoms with Crippen molar-refractivity contribution < 1.29 is 4.42 Å². The molecule has 0 spiro atoms. The third kappa shape index (κ3) is 2.78. The average Bonchev–Trinajstić information content (AvgIpc) is 3.10. The maximum absolute atomic E-state index is 5.58. The molecule has 3 rings (SSSR count). The number of nitrogens with one attached hydrogen (secondary N) is 1. The van der Waals surface area contributed by atoms with Gasteiger partial charge >= 0.3 is 0 Å². The Bertz CT molecular complexity index is 353. The lowest BCUT2D eigenvalue weighted by molar-refractivity contribution is 0.150. The minimum atomic E-state index is 0.413. The Balaban J connectivity index is 1.64. The van der Waals surface area contributed by atoms with Gasteiger partial charge in [0, 0.05) is 18.6 Å². The van der Waals surface area contributed by atoms with Gasteiger partial charge in [0.1, 0.15) is 5.76 Å². The van der Waals surface area contributed by atoms with E-state index in [1.54, 1.807) is 6.26 Å². The van der Waals surface area contributed by atoms with E-state index in [0.717, 1.165) is 11.8 Å². The molecule has 100 valence electrons. The molecule has 1 aromatic rings. The van der Waals surface area contributed by atoms with Crippen LogP contribution in [0.15, 0.2) is 22.8 Å². The zero-order valence-corrected chi connectivity index (χ0v) is 11.3. The summed E-state index contributed by atoms with van der Waals surface area (Å²) in [7, 11) is 0. The van der Waals surface area contributed by atoms with Crippen molar-refractivity contribution >= 4 is 0 Å². The molecule has 2 aliphatic rings. The van der Waals surface area contributed by atoms with Crippen LogP contribution in [0, 0.1) is 0 Å². The summed E-state index contributed by atoms with van der Waals surface area (Å²) in [5.74, 6) is 1.11. The quantitative estimate of drug-likeness (QED) is 0.868. The van der Waals surface area contributed by atoms with Crippen LogP contribution in [-0.2, 0) is 0 Å². The van der Waals surface area contributed by atoms with Crippen LogP contribution in [0.4, 0.5) is 0 Å². The van der Waals surface area contributed by atoms with Gasteiger partial charge in [-0.1, -0.05) is 6.42 Å². The minimum Gasteiger partial charge on any atom is -0.468 e. The van der Waals surface area contributed by atoms with Gasteiger partial charge in [-0.2, -0.15) is 0 Å². The molecule has 3 nitrogen and oxygen atoms in total. The molecular formula is C15H24N2O. The Morgan fingerprint density at radius 3 is 2.89 bits per heavy atom. The van der Waals surface area contributed by atoms with Gasteiger partial charge in [-0.25, -0.2) is 0 Å². The number of hydrogen-bond acceptors (Lipinski definition) is 3. The molecule has 18 heavy (non-hydrogen) atoms. The van der Waals surface area contributed by atoms with E-state index >= 15 is 0 Å². The molecule has 2 fully saturated rings. The van der Waals surface area contributed by atoms with Gasteiger partial charge in [-0.15, -0.1) is 0 Å². The van der Waals surface area contributed by atoms with E-state index in [9.17, 15) is 0 Å². The van der Waals surface area contributed by atoms with Crippen LogP contribution in [0.25, 0.3) is 0 Å². The van der Waals surface area contributed by atoms with Crippen molar-refractivity contribution in [1.29, 1.82) is 0 Å². The molecule has 1 aromatic heterocycles. The molecule has 1 N–H and O–H groups in total. The van der Waals surface area contributed by atoms with Crippen LogP contribution >= 0.6 is 0 Å². The summed E-state index contributed by atoms with van der Waals surface area (Å²) < 4.78 is 5.58. The number of furan rings is 1. The summed E-state index contributed by atoms with van der Waals surface area (Å²) in [4.78, 5) is 2.64. The van der Waals surface area contributed by atoms with Gasteiger partial charge < -0.3 is 9.73 Å². The smallest absolute Gasteiger partial charge is 0.120 e. The number of hydrogen-bond donors (Lipinski definition) is 1. The highest BCUT2D eigenvalue weighted by atomic mass is 16.3. The Hall–Kier alpha value is -0.800. The fourth-order valence-corrected chi connectivity index (χ4v) is 3.06. The molecule has 1 saturated carbocycles. The first-order chi connectivity index (χ1) is 8.84. The van der Waals surface area contributed by atoms with Crippen LogP contribution < -0.4 is 5.32 Å². The second kappa shape index (κ2) is 5.45. The van der Waals surface area contributed by atoms with Gasteiger partial charge in [-0.05, 0) is 51.3 Å². The second-order valence-corrected chi connectivity index (χ2v) is 5.77. The van der Waals surface area contributed by atoms with Gasteiger partial charge in [-0.3, -0.25) is 4.90 Å². The highest BCUT2D eigenvalue weighted by Crippen LogP contribution is 2.34. The highest BCUT2D eigenvalue weighted by Gasteiger charge is 2.35. The third-order valence-corrected chi connectivity index (χ3v) is 4.31. The van der Waals surface area contributed by atoms with Gasteiger partial charge in [0.05, 0.1) is 12.3 Å². The third-order valence-electron chi connectivity index (χ3n) is 4.31. The molecule has 1 aliphatic carbocycles. The molecule has 1 saturated heterocycles. The van der Waals surface area contributed by atoms with Gasteiger partial charge in [0.2, 0.25) is 0 Å². The summed E-state index contributed by atoms with van der Waals surface area (Å²) >= 11 is 0. The molecule has 1 aliphatic heterocycles. The molecule has 2 unspecified atom stereocenters. The van der Waals surface area contributed by atoms with E-state index in [1.807, 2.05) is 6.07 Å². The van der Waals surface area contributed by atoms with Crippen LogP contribution in [0.1, 0.15) is 50.8 Å². The summed E-state index contributed by atoms with van der Waals surface area (Å²) in [6.45, 7) is 4.64. The Kier molecular flexibility index (Phi) is 3.71. The van der Waals surface area contributed by atoms with Gasteiger partial charge in [0.15, 0.2) is 0 Å². The predicted molar refractivity (Wildman–Crippen MR) is 72.5 cm³/mol. The fourth-order valence-electron chi connectivity index (χ4n) is 3.06. The maximum atomic E-state index is 5.58. The monoisotopic (exact) mass is 248 g/mol. The van der Waals surface area contributed by atoms with E-state index in [-0.39, 0.29) is 0 Å². The van der Waals surface area contributed by atoms with Crippen LogP contribution in [0.5, 0.6) is 0 Å². The van der Waals surface area contributed by atoms with E-state index in [1.165, 1.54) is 45.2 Å². The molecule has 0 amide bonds. The normalized spacial score (nSPS) is 26.4. The average molecular weight is 248 g/mol. The summed E-state index contributed by atoms with van der Waals surface area (Å²) in [6, 6.07) is 5.98. The van der Waals surface area contributed by atoms with E-state index in [2.05, 4.69) is 23.2 Å². The first kappa shape index (κ1) is 12.2. The van der Waals surface area contributed by atoms with Crippen molar-refractivity contribution in [3.05, 3.63) is 24.2 Å². The molecule has 0 aromatic carbocycles. The van der Waals surface area contributed by atoms with Crippen LogP contribution in [0.2, 0.25) is 0 Å². The zero-order valence-electron chi connectivity index (χ0n) is 11.3. The van der Waals surface area contributed by atoms with Crippen molar-refractivity contribution in [3.63, 3.8) is 0 Å². The van der Waals surface area contributed by atoms with Crippen molar-refractivity contribution in [2.24, 2.45) is 0 Å². The zero-order chi connectivity index (χ0) is 12.4. The van der Waals surface area contributed by atoms with Crippen LogP contribution in [-0.4, -0.2) is 30.1 Å². The molecule has 0 bridgehead atoms. The Labute approximate surface area is 110 Å². The van der Waals surface area contributed by atoms with E-state index in [4.69, 9.17) is 4.42 Å². The Morgan fingerprint density at radius 1 is 1.39 bits per heavy atom. The van der Waals surface area contributed by atoms with Crippen molar-refractivity contribution in [1.82, 2.24) is 10.2 Å².